The SMILES string of the molecule is CCNC(=NCC(O)Cc1ccccc1)Nc1cccc(OCCCOC)c1. The van der Waals surface area contributed by atoms with Crippen LogP contribution in [0.5, 0.6) is 5.75 Å². The number of nitrogens with one attached hydrogen (secondary N) is 2. The number of benzene rings is 2. The third kappa shape index (κ3) is 8.41. The van der Waals surface area contributed by atoms with Gasteiger partial charge in [-0.25, -0.2) is 0 Å². The van der Waals surface area contributed by atoms with Gasteiger partial charge in [0.1, 0.15) is 5.75 Å². The van der Waals surface area contributed by atoms with Crippen LogP contribution in [-0.2, 0) is 11.2 Å². The first-order valence-electron chi connectivity index (χ1n) is 9.70. The Morgan fingerprint density at radius 2 is 1.93 bits per heavy atom. The number of nitrogens with zero attached hydrogens (tertiary/aromatic N) is 1. The van der Waals surface area contributed by atoms with Crippen LogP contribution in [0.1, 0.15) is 18.9 Å². The highest BCUT2D eigenvalue weighted by molar-refractivity contribution is 5.93. The van der Waals surface area contributed by atoms with Gasteiger partial charge >= 0.3 is 0 Å². The van der Waals surface area contributed by atoms with Crippen LogP contribution in [0, 0.1) is 0 Å². The van der Waals surface area contributed by atoms with Crippen molar-refractivity contribution in [1.82, 2.24) is 5.32 Å². The first-order chi connectivity index (χ1) is 13.7. The highest BCUT2D eigenvalue weighted by atomic mass is 16.5. The molecule has 0 aromatic heterocycles. The van der Waals surface area contributed by atoms with Gasteiger partial charge in [0.15, 0.2) is 5.96 Å². The van der Waals surface area contributed by atoms with Gasteiger partial charge in [0.05, 0.1) is 19.3 Å². The molecular formula is C22H31N3O3. The van der Waals surface area contributed by atoms with Gasteiger partial charge in [0.2, 0.25) is 0 Å². The van der Waals surface area contributed by atoms with Crippen molar-refractivity contribution in [3.63, 3.8) is 0 Å². The summed E-state index contributed by atoms with van der Waals surface area (Å²) in [6, 6.07) is 17.7. The van der Waals surface area contributed by atoms with Crippen LogP contribution in [0.4, 0.5) is 5.69 Å². The second-order valence-electron chi connectivity index (χ2n) is 6.41. The maximum Gasteiger partial charge on any atom is 0.195 e. The lowest BCUT2D eigenvalue weighted by molar-refractivity contribution is 0.172. The molecule has 2 aromatic rings. The number of ether oxygens (including phenoxy) is 2. The van der Waals surface area contributed by atoms with E-state index in [4.69, 9.17) is 9.47 Å². The van der Waals surface area contributed by atoms with Crippen molar-refractivity contribution in [2.75, 3.05) is 38.7 Å². The van der Waals surface area contributed by atoms with Crippen molar-refractivity contribution >= 4 is 11.6 Å². The molecule has 1 unspecified atom stereocenters. The van der Waals surface area contributed by atoms with Crippen LogP contribution in [0.15, 0.2) is 59.6 Å². The molecule has 0 amide bonds. The van der Waals surface area contributed by atoms with E-state index in [1.165, 1.54) is 0 Å². The lowest BCUT2D eigenvalue weighted by atomic mass is 10.1. The number of aliphatic imine (C=N–C) groups is 1. The zero-order chi connectivity index (χ0) is 20.0. The van der Waals surface area contributed by atoms with Crippen LogP contribution >= 0.6 is 0 Å². The molecule has 3 N–H and O–H groups in total. The Morgan fingerprint density at radius 1 is 1.11 bits per heavy atom. The topological polar surface area (TPSA) is 75.1 Å². The molecule has 0 fully saturated rings. The van der Waals surface area contributed by atoms with Crippen LogP contribution in [0.2, 0.25) is 0 Å². The molecule has 0 aliphatic carbocycles. The fourth-order valence-corrected chi connectivity index (χ4v) is 2.65. The van der Waals surface area contributed by atoms with E-state index in [1.807, 2.05) is 61.5 Å². The van der Waals surface area contributed by atoms with Crippen LogP contribution in [0.25, 0.3) is 0 Å². The molecule has 0 saturated carbocycles. The number of hydrogen-bond acceptors (Lipinski definition) is 4. The summed E-state index contributed by atoms with van der Waals surface area (Å²) in [7, 11) is 1.68. The van der Waals surface area contributed by atoms with E-state index in [2.05, 4.69) is 15.6 Å². The molecule has 28 heavy (non-hydrogen) atoms. The van der Waals surface area contributed by atoms with E-state index in [-0.39, 0.29) is 0 Å². The second-order valence-corrected chi connectivity index (χ2v) is 6.41. The number of methoxy groups -OCH3 is 1. The van der Waals surface area contributed by atoms with Crippen molar-refractivity contribution in [1.29, 1.82) is 0 Å². The zero-order valence-electron chi connectivity index (χ0n) is 16.7. The van der Waals surface area contributed by atoms with Crippen molar-refractivity contribution < 1.29 is 14.6 Å². The summed E-state index contributed by atoms with van der Waals surface area (Å²) < 4.78 is 10.8. The average molecular weight is 386 g/mol. The first kappa shape index (κ1) is 21.7. The Balaban J connectivity index is 1.91. The lowest BCUT2D eigenvalue weighted by Gasteiger charge is -2.14. The molecule has 6 nitrogen and oxygen atoms in total. The number of rotatable bonds is 11. The molecule has 0 aliphatic rings. The minimum Gasteiger partial charge on any atom is -0.493 e. The summed E-state index contributed by atoms with van der Waals surface area (Å²) in [5.41, 5.74) is 1.97. The molecule has 0 aliphatic heterocycles. The van der Waals surface area contributed by atoms with Gasteiger partial charge in [-0.1, -0.05) is 36.4 Å². The minimum atomic E-state index is -0.534. The predicted molar refractivity (Wildman–Crippen MR) is 114 cm³/mol. The van der Waals surface area contributed by atoms with Crippen LogP contribution in [0.3, 0.4) is 0 Å². The van der Waals surface area contributed by atoms with E-state index in [0.29, 0.717) is 32.1 Å². The fourth-order valence-electron chi connectivity index (χ4n) is 2.65. The standard InChI is InChI=1S/C22H31N3O3/c1-3-23-22(24-17-20(26)15-18-9-5-4-6-10-18)25-19-11-7-12-21(16-19)28-14-8-13-27-2/h4-7,9-12,16,20,26H,3,8,13-15,17H2,1-2H3,(H2,23,24,25). The Labute approximate surface area is 167 Å². The molecule has 6 heteroatoms. The summed E-state index contributed by atoms with van der Waals surface area (Å²) in [5, 5.41) is 16.7. The Bertz CT molecular complexity index is 707. The van der Waals surface area contributed by atoms with Crippen LogP contribution < -0.4 is 15.4 Å². The minimum absolute atomic E-state index is 0.317. The van der Waals surface area contributed by atoms with Gasteiger partial charge in [0, 0.05) is 44.9 Å². The number of aliphatic hydroxyl groups excluding tert-OH is 1. The molecule has 0 bridgehead atoms. The molecule has 1 atom stereocenters. The summed E-state index contributed by atoms with van der Waals surface area (Å²) in [6.45, 7) is 4.34. The van der Waals surface area contributed by atoms with Crippen LogP contribution in [-0.4, -0.2) is 50.6 Å². The largest absolute Gasteiger partial charge is 0.493 e. The first-order valence-corrected chi connectivity index (χ1v) is 9.70. The third-order valence-corrected chi connectivity index (χ3v) is 3.98. The zero-order valence-corrected chi connectivity index (χ0v) is 16.7. The van der Waals surface area contributed by atoms with Gasteiger partial charge in [-0.15, -0.1) is 0 Å². The van der Waals surface area contributed by atoms with Gasteiger partial charge < -0.3 is 25.2 Å². The monoisotopic (exact) mass is 385 g/mol. The molecule has 0 saturated heterocycles. The summed E-state index contributed by atoms with van der Waals surface area (Å²) in [5.74, 6) is 1.42. The lowest BCUT2D eigenvalue weighted by Crippen LogP contribution is -2.32. The van der Waals surface area contributed by atoms with Crippen molar-refractivity contribution in [2.45, 2.75) is 25.9 Å². The number of hydrogen-bond donors (Lipinski definition) is 3. The number of aliphatic hydroxyl groups is 1. The van der Waals surface area contributed by atoms with E-state index in [0.717, 1.165) is 30.0 Å². The fraction of sp³-hybridized carbons (Fsp3) is 0.409. The van der Waals surface area contributed by atoms with Gasteiger partial charge in [0.25, 0.3) is 0 Å². The summed E-state index contributed by atoms with van der Waals surface area (Å²) in [4.78, 5) is 4.51. The normalized spacial score (nSPS) is 12.5. The average Bonchev–Trinajstić information content (AvgIpc) is 2.71. The molecule has 0 radical (unpaired) electrons. The van der Waals surface area contributed by atoms with Gasteiger partial charge in [-0.3, -0.25) is 4.99 Å². The molecule has 0 heterocycles. The molecule has 2 rings (SSSR count). The van der Waals surface area contributed by atoms with E-state index in [9.17, 15) is 5.11 Å². The maximum atomic E-state index is 10.3. The Hall–Kier alpha value is -2.57. The Morgan fingerprint density at radius 3 is 2.68 bits per heavy atom. The number of guanidine groups is 1. The smallest absolute Gasteiger partial charge is 0.195 e. The molecule has 152 valence electrons. The predicted octanol–water partition coefficient (Wildman–Crippen LogP) is 3.08. The third-order valence-electron chi connectivity index (χ3n) is 3.98. The maximum absolute atomic E-state index is 10.3. The van der Waals surface area contributed by atoms with Crippen molar-refractivity contribution in [2.24, 2.45) is 4.99 Å². The Kier molecular flexibility index (Phi) is 9.89. The van der Waals surface area contributed by atoms with E-state index >= 15 is 0 Å². The van der Waals surface area contributed by atoms with Crippen molar-refractivity contribution in [3.05, 3.63) is 60.2 Å². The van der Waals surface area contributed by atoms with Crippen molar-refractivity contribution in [3.8, 4) is 5.75 Å². The summed E-state index contributed by atoms with van der Waals surface area (Å²) in [6.07, 6.45) is 0.889. The second kappa shape index (κ2) is 12.8. The molecular weight excluding hydrogens is 354 g/mol. The van der Waals surface area contributed by atoms with Gasteiger partial charge in [-0.2, -0.15) is 0 Å². The van der Waals surface area contributed by atoms with Gasteiger partial charge in [-0.05, 0) is 24.6 Å². The molecule has 2 aromatic carbocycles. The molecule has 0 spiro atoms. The quantitative estimate of drug-likeness (QED) is 0.315. The highest BCUT2D eigenvalue weighted by Gasteiger charge is 2.06. The highest BCUT2D eigenvalue weighted by Crippen LogP contribution is 2.17. The summed E-state index contributed by atoms with van der Waals surface area (Å²) >= 11 is 0. The van der Waals surface area contributed by atoms with E-state index in [1.54, 1.807) is 7.11 Å². The van der Waals surface area contributed by atoms with E-state index < -0.39 is 6.10 Å². The number of anilines is 1.